The first-order valence-corrected chi connectivity index (χ1v) is 5.59. The van der Waals surface area contributed by atoms with Gasteiger partial charge in [0.05, 0.1) is 6.33 Å². The third-order valence-corrected chi connectivity index (χ3v) is 2.30. The van der Waals surface area contributed by atoms with E-state index in [4.69, 9.17) is 23.2 Å². The number of carbonyl (C=O) groups is 1. The minimum atomic E-state index is -0.973. The lowest BCUT2D eigenvalue weighted by molar-refractivity contribution is -0.119. The van der Waals surface area contributed by atoms with Gasteiger partial charge in [-0.25, -0.2) is 4.98 Å². The van der Waals surface area contributed by atoms with Crippen molar-refractivity contribution in [3.8, 4) is 0 Å². The Bertz CT molecular complexity index is 288. The highest BCUT2D eigenvalue weighted by atomic mass is 35.5. The van der Waals surface area contributed by atoms with Crippen molar-refractivity contribution in [3.63, 3.8) is 0 Å². The smallest absolute Gasteiger partial charge is 0.253 e. The molecule has 0 spiro atoms. The lowest BCUT2D eigenvalue weighted by Gasteiger charge is -2.05. The van der Waals surface area contributed by atoms with Gasteiger partial charge in [-0.2, -0.15) is 0 Å². The van der Waals surface area contributed by atoms with Crippen LogP contribution in [0.2, 0.25) is 0 Å². The lowest BCUT2D eigenvalue weighted by atomic mass is 10.3. The number of carbonyl (C=O) groups excluding carboxylic acids is 1. The van der Waals surface area contributed by atoms with Gasteiger partial charge in [-0.1, -0.05) is 23.2 Å². The van der Waals surface area contributed by atoms with E-state index >= 15 is 0 Å². The van der Waals surface area contributed by atoms with E-state index in [1.165, 1.54) is 0 Å². The molecule has 84 valence electrons. The number of hydrogen-bond acceptors (Lipinski definition) is 2. The number of alkyl halides is 2. The monoisotopic (exact) mass is 249 g/mol. The minimum absolute atomic E-state index is 0.332. The molecule has 0 aromatic carbocycles. The standard InChI is InChI=1S/C9H13Cl2N3O/c10-8(11)9(15)13-3-1-2-5-14-6-4-12-7-14/h4,6-8H,1-3,5H2,(H,13,15). The van der Waals surface area contributed by atoms with Crippen LogP contribution in [-0.4, -0.2) is 26.8 Å². The summed E-state index contributed by atoms with van der Waals surface area (Å²) in [6, 6.07) is 0. The molecule has 0 radical (unpaired) electrons. The number of aryl methyl sites for hydroxylation is 1. The van der Waals surface area contributed by atoms with Crippen LogP contribution in [0.1, 0.15) is 12.8 Å². The van der Waals surface area contributed by atoms with Crippen molar-refractivity contribution in [1.29, 1.82) is 0 Å². The van der Waals surface area contributed by atoms with Crippen LogP contribution in [0, 0.1) is 0 Å². The number of nitrogens with one attached hydrogen (secondary N) is 1. The zero-order valence-corrected chi connectivity index (χ0v) is 9.71. The van der Waals surface area contributed by atoms with Crippen molar-refractivity contribution < 1.29 is 4.79 Å². The van der Waals surface area contributed by atoms with Gasteiger partial charge >= 0.3 is 0 Å². The van der Waals surface area contributed by atoms with Crippen molar-refractivity contribution in [2.75, 3.05) is 6.54 Å². The van der Waals surface area contributed by atoms with Gasteiger partial charge in [-0.05, 0) is 12.8 Å². The topological polar surface area (TPSA) is 46.9 Å². The fourth-order valence-corrected chi connectivity index (χ4v) is 1.28. The maximum Gasteiger partial charge on any atom is 0.253 e. The van der Waals surface area contributed by atoms with E-state index in [2.05, 4.69) is 10.3 Å². The number of hydrogen-bond donors (Lipinski definition) is 1. The van der Waals surface area contributed by atoms with E-state index in [0.29, 0.717) is 6.54 Å². The Morgan fingerprint density at radius 3 is 2.87 bits per heavy atom. The summed E-state index contributed by atoms with van der Waals surface area (Å²) >= 11 is 10.7. The Kier molecular flexibility index (Phi) is 5.50. The molecule has 0 bridgehead atoms. The second kappa shape index (κ2) is 6.69. The maximum absolute atomic E-state index is 10.9. The lowest BCUT2D eigenvalue weighted by Crippen LogP contribution is -2.29. The van der Waals surface area contributed by atoms with Gasteiger partial charge in [0, 0.05) is 25.5 Å². The van der Waals surface area contributed by atoms with Crippen LogP contribution in [0.3, 0.4) is 0 Å². The molecule has 1 N–H and O–H groups in total. The molecule has 1 rings (SSSR count). The first-order chi connectivity index (χ1) is 7.20. The second-order valence-electron chi connectivity index (χ2n) is 3.10. The average Bonchev–Trinajstić information content (AvgIpc) is 2.69. The molecule has 6 heteroatoms. The minimum Gasteiger partial charge on any atom is -0.354 e. The second-order valence-corrected chi connectivity index (χ2v) is 4.20. The average molecular weight is 250 g/mol. The zero-order chi connectivity index (χ0) is 11.1. The molecule has 1 aromatic heterocycles. The zero-order valence-electron chi connectivity index (χ0n) is 8.20. The van der Waals surface area contributed by atoms with E-state index in [0.717, 1.165) is 19.4 Å². The highest BCUT2D eigenvalue weighted by Crippen LogP contribution is 2.00. The molecule has 15 heavy (non-hydrogen) atoms. The van der Waals surface area contributed by atoms with E-state index in [-0.39, 0.29) is 5.91 Å². The summed E-state index contributed by atoms with van der Waals surface area (Å²) in [5, 5.41) is 2.63. The van der Waals surface area contributed by atoms with Crippen LogP contribution in [0.5, 0.6) is 0 Å². The SMILES string of the molecule is O=C(NCCCCn1ccnc1)C(Cl)Cl. The van der Waals surface area contributed by atoms with E-state index in [9.17, 15) is 4.79 Å². The fourth-order valence-electron chi connectivity index (χ4n) is 1.13. The van der Waals surface area contributed by atoms with Crippen molar-refractivity contribution >= 4 is 29.1 Å². The summed E-state index contributed by atoms with van der Waals surface area (Å²) in [5.74, 6) is -0.332. The molecular weight excluding hydrogens is 237 g/mol. The van der Waals surface area contributed by atoms with Gasteiger partial charge in [0.1, 0.15) is 0 Å². The van der Waals surface area contributed by atoms with E-state index < -0.39 is 4.84 Å². The number of aromatic nitrogens is 2. The number of unbranched alkanes of at least 4 members (excludes halogenated alkanes) is 1. The van der Waals surface area contributed by atoms with E-state index in [1.807, 2.05) is 10.8 Å². The molecule has 0 saturated heterocycles. The number of rotatable bonds is 6. The molecule has 4 nitrogen and oxygen atoms in total. The molecule has 0 aliphatic carbocycles. The maximum atomic E-state index is 10.9. The number of halogens is 2. The predicted octanol–water partition coefficient (Wildman–Crippen LogP) is 1.58. The van der Waals surface area contributed by atoms with Crippen molar-refractivity contribution in [2.45, 2.75) is 24.2 Å². The van der Waals surface area contributed by atoms with Gasteiger partial charge in [-0.3, -0.25) is 4.79 Å². The molecule has 1 heterocycles. The van der Waals surface area contributed by atoms with Gasteiger partial charge in [0.25, 0.3) is 5.91 Å². The van der Waals surface area contributed by atoms with E-state index in [1.54, 1.807) is 12.5 Å². The van der Waals surface area contributed by atoms with Crippen molar-refractivity contribution in [1.82, 2.24) is 14.9 Å². The largest absolute Gasteiger partial charge is 0.354 e. The van der Waals surface area contributed by atoms with Crippen LogP contribution in [0.15, 0.2) is 18.7 Å². The molecule has 1 amide bonds. The summed E-state index contributed by atoms with van der Waals surface area (Å²) in [5.41, 5.74) is 0. The number of amides is 1. The van der Waals surface area contributed by atoms with Gasteiger partial charge in [0.15, 0.2) is 4.84 Å². The van der Waals surface area contributed by atoms with Crippen LogP contribution in [-0.2, 0) is 11.3 Å². The Balaban J connectivity index is 2.00. The molecule has 0 aliphatic heterocycles. The quantitative estimate of drug-likeness (QED) is 0.615. The van der Waals surface area contributed by atoms with Crippen LogP contribution >= 0.6 is 23.2 Å². The highest BCUT2D eigenvalue weighted by Gasteiger charge is 2.09. The number of nitrogens with zero attached hydrogens (tertiary/aromatic N) is 2. The predicted molar refractivity (Wildman–Crippen MR) is 60.0 cm³/mol. The molecule has 1 aromatic rings. The third-order valence-electron chi connectivity index (χ3n) is 1.90. The highest BCUT2D eigenvalue weighted by molar-refractivity contribution is 6.53. The Morgan fingerprint density at radius 1 is 1.47 bits per heavy atom. The summed E-state index contributed by atoms with van der Waals surface area (Å²) in [6.07, 6.45) is 7.29. The van der Waals surface area contributed by atoms with Crippen LogP contribution in [0.4, 0.5) is 0 Å². The van der Waals surface area contributed by atoms with Crippen LogP contribution < -0.4 is 5.32 Å². The Morgan fingerprint density at radius 2 is 2.27 bits per heavy atom. The summed E-state index contributed by atoms with van der Waals surface area (Å²) in [4.78, 5) is 13.9. The van der Waals surface area contributed by atoms with Crippen LogP contribution in [0.25, 0.3) is 0 Å². The van der Waals surface area contributed by atoms with Crippen molar-refractivity contribution in [3.05, 3.63) is 18.7 Å². The fraction of sp³-hybridized carbons (Fsp3) is 0.556. The first-order valence-electron chi connectivity index (χ1n) is 4.72. The summed E-state index contributed by atoms with van der Waals surface area (Å²) < 4.78 is 1.99. The summed E-state index contributed by atoms with van der Waals surface area (Å²) in [7, 11) is 0. The van der Waals surface area contributed by atoms with Gasteiger partial charge < -0.3 is 9.88 Å². The number of imidazole rings is 1. The molecule has 0 aliphatic rings. The third kappa shape index (κ3) is 5.04. The molecule has 0 saturated carbocycles. The summed E-state index contributed by atoms with van der Waals surface area (Å²) in [6.45, 7) is 1.50. The normalized spacial score (nSPS) is 10.6. The molecule has 0 unspecified atom stereocenters. The van der Waals surface area contributed by atoms with Gasteiger partial charge in [-0.15, -0.1) is 0 Å². The molecule has 0 fully saturated rings. The van der Waals surface area contributed by atoms with Gasteiger partial charge in [0.2, 0.25) is 0 Å². The van der Waals surface area contributed by atoms with Crippen molar-refractivity contribution in [2.24, 2.45) is 0 Å². The Labute approximate surface area is 98.6 Å². The first kappa shape index (κ1) is 12.3. The molecule has 0 atom stereocenters. The molecular formula is C9H13Cl2N3O. The Hall–Kier alpha value is -0.740.